The van der Waals surface area contributed by atoms with Gasteiger partial charge in [-0.2, -0.15) is 5.10 Å². The second-order valence-electron chi connectivity index (χ2n) is 7.67. The molecule has 4 aromatic rings. The van der Waals surface area contributed by atoms with Gasteiger partial charge in [-0.1, -0.05) is 48.0 Å². The zero-order valence-electron chi connectivity index (χ0n) is 18.1. The van der Waals surface area contributed by atoms with Crippen LogP contribution in [0.5, 0.6) is 5.75 Å². The van der Waals surface area contributed by atoms with Crippen molar-refractivity contribution in [2.75, 3.05) is 13.2 Å². The second kappa shape index (κ2) is 9.47. The first-order valence-corrected chi connectivity index (χ1v) is 10.4. The van der Waals surface area contributed by atoms with Gasteiger partial charge in [0.15, 0.2) is 12.3 Å². The largest absolute Gasteiger partial charge is 0.484 e. The second-order valence-corrected chi connectivity index (χ2v) is 7.67. The van der Waals surface area contributed by atoms with Gasteiger partial charge in [-0.3, -0.25) is 14.2 Å². The zero-order chi connectivity index (χ0) is 22.5. The molecule has 0 saturated heterocycles. The van der Waals surface area contributed by atoms with Gasteiger partial charge in [-0.15, -0.1) is 0 Å². The molecular formula is C24H25N5O3. The van der Waals surface area contributed by atoms with Crippen LogP contribution in [-0.2, 0) is 17.9 Å². The van der Waals surface area contributed by atoms with Crippen molar-refractivity contribution in [3.63, 3.8) is 0 Å². The maximum absolute atomic E-state index is 12.8. The van der Waals surface area contributed by atoms with E-state index in [2.05, 4.69) is 15.4 Å². The Morgan fingerprint density at radius 2 is 1.88 bits per heavy atom. The molecule has 0 radical (unpaired) electrons. The molecule has 2 aromatic carbocycles. The number of nitrogens with zero attached hydrogens (tertiary/aromatic N) is 4. The Morgan fingerprint density at radius 3 is 2.66 bits per heavy atom. The van der Waals surface area contributed by atoms with Crippen LogP contribution in [0.3, 0.4) is 0 Å². The normalized spacial score (nSPS) is 10.9. The van der Waals surface area contributed by atoms with Gasteiger partial charge in [0, 0.05) is 6.54 Å². The fraction of sp³-hybridized carbons (Fsp3) is 0.250. The first-order valence-electron chi connectivity index (χ1n) is 10.4. The van der Waals surface area contributed by atoms with Crippen LogP contribution in [0.1, 0.15) is 16.7 Å². The van der Waals surface area contributed by atoms with Gasteiger partial charge < -0.3 is 10.1 Å². The van der Waals surface area contributed by atoms with Crippen LogP contribution in [0.25, 0.3) is 11.0 Å². The summed E-state index contributed by atoms with van der Waals surface area (Å²) in [6.45, 7) is 5.08. The Balaban J connectivity index is 1.35. The molecule has 8 nitrogen and oxygen atoms in total. The monoisotopic (exact) mass is 431 g/mol. The van der Waals surface area contributed by atoms with Crippen LogP contribution < -0.4 is 15.6 Å². The van der Waals surface area contributed by atoms with Crippen molar-refractivity contribution in [2.24, 2.45) is 0 Å². The van der Waals surface area contributed by atoms with E-state index in [-0.39, 0.29) is 18.1 Å². The summed E-state index contributed by atoms with van der Waals surface area (Å²) in [6, 6.07) is 15.6. The average molecular weight is 431 g/mol. The minimum atomic E-state index is -0.224. The average Bonchev–Trinajstić information content (AvgIpc) is 3.20. The van der Waals surface area contributed by atoms with Crippen molar-refractivity contribution in [2.45, 2.75) is 26.9 Å². The van der Waals surface area contributed by atoms with Gasteiger partial charge in [0.1, 0.15) is 17.5 Å². The molecule has 2 heterocycles. The van der Waals surface area contributed by atoms with Crippen LogP contribution >= 0.6 is 0 Å². The number of hydrogen-bond donors (Lipinski definition) is 1. The van der Waals surface area contributed by atoms with E-state index in [0.717, 1.165) is 11.1 Å². The predicted octanol–water partition coefficient (Wildman–Crippen LogP) is 2.45. The van der Waals surface area contributed by atoms with E-state index >= 15 is 0 Å². The summed E-state index contributed by atoms with van der Waals surface area (Å²) < 4.78 is 8.74. The highest BCUT2D eigenvalue weighted by atomic mass is 16.5. The third kappa shape index (κ3) is 4.85. The Bertz CT molecular complexity index is 1290. The minimum Gasteiger partial charge on any atom is -0.484 e. The lowest BCUT2D eigenvalue weighted by Gasteiger charge is -2.10. The number of fused-ring (bicyclic) bond motifs is 1. The van der Waals surface area contributed by atoms with Crippen molar-refractivity contribution in [1.82, 2.24) is 24.6 Å². The molecule has 0 saturated carbocycles. The molecule has 0 fully saturated rings. The fourth-order valence-corrected chi connectivity index (χ4v) is 3.38. The minimum absolute atomic E-state index is 0.0628. The van der Waals surface area contributed by atoms with Gasteiger partial charge in [-0.05, 0) is 31.0 Å². The predicted molar refractivity (Wildman–Crippen MR) is 122 cm³/mol. The number of carbonyl (C=O) groups is 1. The fourth-order valence-electron chi connectivity index (χ4n) is 3.38. The van der Waals surface area contributed by atoms with Gasteiger partial charge in [0.05, 0.1) is 19.3 Å². The summed E-state index contributed by atoms with van der Waals surface area (Å²) in [4.78, 5) is 29.3. The number of hydrogen-bond acceptors (Lipinski definition) is 5. The summed E-state index contributed by atoms with van der Waals surface area (Å²) in [5.41, 5.74) is 3.53. The molecule has 32 heavy (non-hydrogen) atoms. The lowest BCUT2D eigenvalue weighted by molar-refractivity contribution is -0.123. The van der Waals surface area contributed by atoms with Gasteiger partial charge in [-0.25, -0.2) is 9.67 Å². The lowest BCUT2D eigenvalue weighted by atomic mass is 10.1. The van der Waals surface area contributed by atoms with Crippen molar-refractivity contribution >= 4 is 16.9 Å². The number of nitrogens with one attached hydrogen (secondary N) is 1. The topological polar surface area (TPSA) is 91.0 Å². The van der Waals surface area contributed by atoms with Gasteiger partial charge in [0.25, 0.3) is 11.5 Å². The highest BCUT2D eigenvalue weighted by Gasteiger charge is 2.11. The third-order valence-corrected chi connectivity index (χ3v) is 5.19. The van der Waals surface area contributed by atoms with Crippen molar-refractivity contribution in [3.8, 4) is 5.75 Å². The van der Waals surface area contributed by atoms with E-state index in [9.17, 15) is 9.59 Å². The maximum Gasteiger partial charge on any atom is 0.264 e. The Labute approximate surface area is 185 Å². The summed E-state index contributed by atoms with van der Waals surface area (Å²) in [5, 5.41) is 7.53. The molecular weight excluding hydrogens is 406 g/mol. The highest BCUT2D eigenvalue weighted by molar-refractivity contribution is 5.77. The molecule has 0 bridgehead atoms. The molecule has 0 atom stereocenters. The van der Waals surface area contributed by atoms with Crippen LogP contribution in [0, 0.1) is 13.8 Å². The van der Waals surface area contributed by atoms with Gasteiger partial charge >= 0.3 is 0 Å². The van der Waals surface area contributed by atoms with E-state index < -0.39 is 0 Å². The number of aromatic nitrogens is 4. The van der Waals surface area contributed by atoms with Crippen LogP contribution in [0.2, 0.25) is 0 Å². The van der Waals surface area contributed by atoms with E-state index in [1.807, 2.05) is 62.4 Å². The summed E-state index contributed by atoms with van der Waals surface area (Å²) in [5.74, 6) is 0.463. The molecule has 8 heteroatoms. The first-order chi connectivity index (χ1) is 15.5. The van der Waals surface area contributed by atoms with Crippen molar-refractivity contribution in [1.29, 1.82) is 0 Å². The molecule has 0 aliphatic rings. The van der Waals surface area contributed by atoms with Crippen LogP contribution in [0.4, 0.5) is 0 Å². The Hall–Kier alpha value is -3.94. The van der Waals surface area contributed by atoms with Crippen LogP contribution in [-0.4, -0.2) is 38.4 Å². The van der Waals surface area contributed by atoms with E-state index in [1.165, 1.54) is 18.1 Å². The highest BCUT2D eigenvalue weighted by Crippen LogP contribution is 2.15. The SMILES string of the molecule is Cc1ccc(Cn2cnc3c(cnn3CCNC(=O)COc3ccccc3C)c2=O)cc1. The molecule has 164 valence electrons. The number of ether oxygens (including phenoxy) is 1. The number of aryl methyl sites for hydroxylation is 2. The molecule has 1 amide bonds. The Kier molecular flexibility index (Phi) is 6.30. The van der Waals surface area contributed by atoms with E-state index in [0.29, 0.717) is 36.4 Å². The zero-order valence-corrected chi connectivity index (χ0v) is 18.1. The van der Waals surface area contributed by atoms with E-state index in [4.69, 9.17) is 4.74 Å². The van der Waals surface area contributed by atoms with E-state index in [1.54, 1.807) is 9.25 Å². The molecule has 0 aliphatic heterocycles. The first kappa shape index (κ1) is 21.3. The van der Waals surface area contributed by atoms with Crippen molar-refractivity contribution in [3.05, 3.63) is 88.1 Å². The number of rotatable bonds is 8. The molecule has 1 N–H and O–H groups in total. The number of benzene rings is 2. The summed E-state index contributed by atoms with van der Waals surface area (Å²) in [6.07, 6.45) is 3.07. The number of amides is 1. The quantitative estimate of drug-likeness (QED) is 0.463. The summed E-state index contributed by atoms with van der Waals surface area (Å²) in [7, 11) is 0. The number of para-hydroxylation sites is 1. The maximum atomic E-state index is 12.8. The molecule has 2 aromatic heterocycles. The molecule has 0 spiro atoms. The molecule has 0 aliphatic carbocycles. The van der Waals surface area contributed by atoms with Crippen LogP contribution in [0.15, 0.2) is 65.8 Å². The van der Waals surface area contributed by atoms with Crippen molar-refractivity contribution < 1.29 is 9.53 Å². The number of carbonyl (C=O) groups excluding carboxylic acids is 1. The van der Waals surface area contributed by atoms with Gasteiger partial charge in [0.2, 0.25) is 0 Å². The molecule has 0 unspecified atom stereocenters. The molecule has 4 rings (SSSR count). The standard InChI is InChI=1S/C24H25N5O3/c1-17-7-9-19(10-8-17)14-28-16-26-23-20(24(28)31)13-27-29(23)12-11-25-22(30)15-32-21-6-4-3-5-18(21)2/h3-10,13,16H,11-12,14-15H2,1-2H3,(H,25,30). The Morgan fingerprint density at radius 1 is 1.09 bits per heavy atom. The summed E-state index contributed by atoms with van der Waals surface area (Å²) >= 11 is 0. The third-order valence-electron chi connectivity index (χ3n) is 5.19. The lowest BCUT2D eigenvalue weighted by Crippen LogP contribution is -2.32. The smallest absolute Gasteiger partial charge is 0.264 e.